The average molecular weight is 305 g/mol. The predicted octanol–water partition coefficient (Wildman–Crippen LogP) is 3.04. The number of benzene rings is 1. The fraction of sp³-hybridized carbons (Fsp3) is 0.556. The molecule has 2 atom stereocenters. The minimum atomic E-state index is -0.230. The third kappa shape index (κ3) is 4.75. The molecule has 0 heterocycles. The average Bonchev–Trinajstić information content (AvgIpc) is 2.52. The summed E-state index contributed by atoms with van der Waals surface area (Å²) in [6, 6.07) is 6.12. The molecule has 0 bridgehead atoms. The van der Waals surface area contributed by atoms with E-state index >= 15 is 0 Å². The minimum absolute atomic E-state index is 0.190. The van der Waals surface area contributed by atoms with Crippen molar-refractivity contribution in [2.75, 3.05) is 13.7 Å². The normalized spacial score (nSPS) is 21.4. The number of nitrogens with one attached hydrogen (secondary N) is 1. The molecule has 2 unspecified atom stereocenters. The number of hydrogen-bond donors (Lipinski definition) is 2. The minimum Gasteiger partial charge on any atom is -0.493 e. The van der Waals surface area contributed by atoms with Crippen molar-refractivity contribution in [3.05, 3.63) is 35.9 Å². The van der Waals surface area contributed by atoms with Crippen LogP contribution in [0, 0.1) is 0 Å². The maximum absolute atomic E-state index is 10.0. The lowest BCUT2D eigenvalue weighted by atomic mass is 9.92. The fourth-order valence-corrected chi connectivity index (χ4v) is 2.74. The maximum atomic E-state index is 10.0. The van der Waals surface area contributed by atoms with E-state index in [2.05, 4.69) is 11.9 Å². The van der Waals surface area contributed by atoms with E-state index in [0.717, 1.165) is 48.4 Å². The van der Waals surface area contributed by atoms with Gasteiger partial charge < -0.3 is 19.9 Å². The van der Waals surface area contributed by atoms with Gasteiger partial charge in [-0.1, -0.05) is 25.5 Å². The largest absolute Gasteiger partial charge is 0.493 e. The first kappa shape index (κ1) is 16.8. The van der Waals surface area contributed by atoms with Crippen LogP contribution in [0.4, 0.5) is 0 Å². The van der Waals surface area contributed by atoms with E-state index in [1.54, 1.807) is 7.11 Å². The fourth-order valence-electron chi connectivity index (χ4n) is 2.74. The summed E-state index contributed by atoms with van der Waals surface area (Å²) in [5.41, 5.74) is 2.09. The molecule has 4 heteroatoms. The molecule has 1 fully saturated rings. The SMILES string of the molecule is C=C(C)COc1cc(CNC2CCCCC2O)ccc1OC. The molecule has 1 aromatic carbocycles. The van der Waals surface area contributed by atoms with Crippen LogP contribution in [-0.4, -0.2) is 31.0 Å². The monoisotopic (exact) mass is 305 g/mol. The molecule has 0 spiro atoms. The molecule has 0 aliphatic heterocycles. The van der Waals surface area contributed by atoms with Gasteiger partial charge in [0.1, 0.15) is 6.61 Å². The molecule has 122 valence electrons. The van der Waals surface area contributed by atoms with E-state index in [1.165, 1.54) is 6.42 Å². The highest BCUT2D eigenvalue weighted by Gasteiger charge is 2.22. The van der Waals surface area contributed by atoms with Crippen molar-refractivity contribution in [1.29, 1.82) is 0 Å². The van der Waals surface area contributed by atoms with Gasteiger partial charge in [0.2, 0.25) is 0 Å². The topological polar surface area (TPSA) is 50.7 Å². The molecule has 2 N–H and O–H groups in total. The molecule has 0 radical (unpaired) electrons. The summed E-state index contributed by atoms with van der Waals surface area (Å²) in [4.78, 5) is 0. The molecule has 0 aromatic heterocycles. The van der Waals surface area contributed by atoms with Crippen LogP contribution in [0.3, 0.4) is 0 Å². The lowest BCUT2D eigenvalue weighted by molar-refractivity contribution is 0.0902. The third-order valence-corrected chi connectivity index (χ3v) is 4.00. The van der Waals surface area contributed by atoms with Gasteiger partial charge in [0.15, 0.2) is 11.5 Å². The number of rotatable bonds is 7. The Balaban J connectivity index is 1.98. The number of aliphatic hydroxyl groups excluding tert-OH is 1. The standard InChI is InChI=1S/C18H27NO3/c1-13(2)12-22-18-10-14(8-9-17(18)21-3)11-19-15-6-4-5-7-16(15)20/h8-10,15-16,19-20H,1,4-7,11-12H2,2-3H3. The Labute approximate surface area is 133 Å². The van der Waals surface area contributed by atoms with Gasteiger partial charge in [0.25, 0.3) is 0 Å². The smallest absolute Gasteiger partial charge is 0.161 e. The van der Waals surface area contributed by atoms with Crippen LogP contribution in [0.2, 0.25) is 0 Å². The number of hydrogen-bond acceptors (Lipinski definition) is 4. The second-order valence-electron chi connectivity index (χ2n) is 6.07. The highest BCUT2D eigenvalue weighted by molar-refractivity contribution is 5.43. The van der Waals surface area contributed by atoms with E-state index in [4.69, 9.17) is 9.47 Å². The molecular formula is C18H27NO3. The summed E-state index contributed by atoms with van der Waals surface area (Å²) in [5, 5.41) is 13.5. The predicted molar refractivity (Wildman–Crippen MR) is 88.4 cm³/mol. The lowest BCUT2D eigenvalue weighted by Crippen LogP contribution is -2.41. The third-order valence-electron chi connectivity index (χ3n) is 4.00. The molecule has 22 heavy (non-hydrogen) atoms. The summed E-state index contributed by atoms with van der Waals surface area (Å²) in [7, 11) is 1.64. The first-order chi connectivity index (χ1) is 10.6. The molecule has 2 rings (SSSR count). The summed E-state index contributed by atoms with van der Waals surface area (Å²) in [6.07, 6.45) is 4.01. The molecule has 1 aliphatic rings. The molecule has 1 aromatic rings. The van der Waals surface area contributed by atoms with E-state index < -0.39 is 0 Å². The molecular weight excluding hydrogens is 278 g/mol. The van der Waals surface area contributed by atoms with Crippen LogP contribution >= 0.6 is 0 Å². The van der Waals surface area contributed by atoms with Crippen molar-refractivity contribution < 1.29 is 14.6 Å². The Morgan fingerprint density at radius 2 is 2.09 bits per heavy atom. The van der Waals surface area contributed by atoms with Gasteiger partial charge in [0, 0.05) is 12.6 Å². The molecule has 0 amide bonds. The van der Waals surface area contributed by atoms with Crippen molar-refractivity contribution in [2.24, 2.45) is 0 Å². The highest BCUT2D eigenvalue weighted by atomic mass is 16.5. The summed E-state index contributed by atoms with van der Waals surface area (Å²) < 4.78 is 11.1. The van der Waals surface area contributed by atoms with Gasteiger partial charge in [-0.3, -0.25) is 0 Å². The van der Waals surface area contributed by atoms with Crippen LogP contribution in [0.5, 0.6) is 11.5 Å². The van der Waals surface area contributed by atoms with Crippen molar-refractivity contribution >= 4 is 0 Å². The zero-order valence-electron chi connectivity index (χ0n) is 13.6. The Hall–Kier alpha value is -1.52. The van der Waals surface area contributed by atoms with Crippen LogP contribution in [0.15, 0.2) is 30.4 Å². The maximum Gasteiger partial charge on any atom is 0.161 e. The Morgan fingerprint density at radius 3 is 2.77 bits per heavy atom. The van der Waals surface area contributed by atoms with Gasteiger partial charge in [0.05, 0.1) is 13.2 Å². The molecule has 4 nitrogen and oxygen atoms in total. The van der Waals surface area contributed by atoms with Crippen LogP contribution in [0.1, 0.15) is 38.2 Å². The quantitative estimate of drug-likeness (QED) is 0.760. The first-order valence-corrected chi connectivity index (χ1v) is 7.95. The van der Waals surface area contributed by atoms with Crippen LogP contribution < -0.4 is 14.8 Å². The summed E-state index contributed by atoms with van der Waals surface area (Å²) in [5.74, 6) is 1.46. The van der Waals surface area contributed by atoms with E-state index in [-0.39, 0.29) is 12.1 Å². The van der Waals surface area contributed by atoms with Crippen LogP contribution in [0.25, 0.3) is 0 Å². The molecule has 1 saturated carbocycles. The summed E-state index contributed by atoms with van der Waals surface area (Å²) >= 11 is 0. The van der Waals surface area contributed by atoms with Gasteiger partial charge in [-0.15, -0.1) is 0 Å². The van der Waals surface area contributed by atoms with E-state index in [1.807, 2.05) is 25.1 Å². The zero-order valence-corrected chi connectivity index (χ0v) is 13.6. The second kappa shape index (κ2) is 8.20. The van der Waals surface area contributed by atoms with Gasteiger partial charge in [-0.05, 0) is 43.0 Å². The van der Waals surface area contributed by atoms with Crippen molar-refractivity contribution in [1.82, 2.24) is 5.32 Å². The first-order valence-electron chi connectivity index (χ1n) is 7.95. The van der Waals surface area contributed by atoms with Crippen LogP contribution in [-0.2, 0) is 6.54 Å². The number of methoxy groups -OCH3 is 1. The highest BCUT2D eigenvalue weighted by Crippen LogP contribution is 2.28. The van der Waals surface area contributed by atoms with E-state index in [0.29, 0.717) is 6.61 Å². The van der Waals surface area contributed by atoms with E-state index in [9.17, 15) is 5.11 Å². The van der Waals surface area contributed by atoms with Gasteiger partial charge in [-0.2, -0.15) is 0 Å². The zero-order chi connectivity index (χ0) is 15.9. The Kier molecular flexibility index (Phi) is 6.28. The lowest BCUT2D eigenvalue weighted by Gasteiger charge is -2.28. The van der Waals surface area contributed by atoms with Crippen molar-refractivity contribution in [3.63, 3.8) is 0 Å². The van der Waals surface area contributed by atoms with Gasteiger partial charge >= 0.3 is 0 Å². The second-order valence-corrected chi connectivity index (χ2v) is 6.07. The summed E-state index contributed by atoms with van der Waals surface area (Å²) in [6.45, 7) is 6.98. The van der Waals surface area contributed by atoms with Crippen molar-refractivity contribution in [2.45, 2.75) is 51.3 Å². The van der Waals surface area contributed by atoms with Gasteiger partial charge in [-0.25, -0.2) is 0 Å². The molecule has 0 saturated heterocycles. The van der Waals surface area contributed by atoms with Crippen molar-refractivity contribution in [3.8, 4) is 11.5 Å². The Bertz CT molecular complexity index is 501. The Morgan fingerprint density at radius 1 is 1.32 bits per heavy atom. The number of aliphatic hydroxyl groups is 1. The number of ether oxygens (including phenoxy) is 2. The molecule has 1 aliphatic carbocycles.